The van der Waals surface area contributed by atoms with Crippen LogP contribution < -0.4 is 15.5 Å². The van der Waals surface area contributed by atoms with Crippen molar-refractivity contribution < 1.29 is 13.6 Å². The van der Waals surface area contributed by atoms with E-state index in [1.165, 1.54) is 16.8 Å². The van der Waals surface area contributed by atoms with Crippen molar-refractivity contribution in [1.29, 1.82) is 5.26 Å². The molecular weight excluding hydrogens is 440 g/mol. The first-order valence-electron chi connectivity index (χ1n) is 10.7. The van der Waals surface area contributed by atoms with Crippen LogP contribution in [0.2, 0.25) is 0 Å². The number of carbonyl (C=O) groups excluding carboxylic acids is 1. The first-order chi connectivity index (χ1) is 16.5. The van der Waals surface area contributed by atoms with Crippen LogP contribution in [0.5, 0.6) is 0 Å². The zero-order chi connectivity index (χ0) is 23.7. The third-order valence-corrected chi connectivity index (χ3v) is 5.73. The number of fused-ring (bicyclic) bond motifs is 1. The fourth-order valence-electron chi connectivity index (χ4n) is 4.14. The lowest BCUT2D eigenvalue weighted by Gasteiger charge is -2.26. The molecule has 0 radical (unpaired) electrons. The highest BCUT2D eigenvalue weighted by Gasteiger charge is 2.30. The number of benzene rings is 2. The number of nitrogens with one attached hydrogen (secondary N) is 2. The van der Waals surface area contributed by atoms with Gasteiger partial charge in [-0.2, -0.15) is 9.78 Å². The molecule has 1 saturated heterocycles. The van der Waals surface area contributed by atoms with E-state index in [0.717, 1.165) is 18.6 Å². The molecule has 3 heterocycles. The Hall–Kier alpha value is -4.52. The maximum absolute atomic E-state index is 14.4. The summed E-state index contributed by atoms with van der Waals surface area (Å²) in [7, 11) is 0. The van der Waals surface area contributed by atoms with Gasteiger partial charge in [0.05, 0.1) is 23.9 Å². The molecule has 1 aliphatic heterocycles. The molecule has 0 saturated carbocycles. The topological polar surface area (TPSA) is 98.3 Å². The van der Waals surface area contributed by atoms with E-state index in [2.05, 4.69) is 20.7 Å². The average molecular weight is 459 g/mol. The number of carbonyl (C=O) groups is 1. The van der Waals surface area contributed by atoms with E-state index >= 15 is 0 Å². The summed E-state index contributed by atoms with van der Waals surface area (Å²) in [6.07, 6.45) is 2.96. The Balaban J connectivity index is 1.38. The molecule has 5 rings (SSSR count). The fraction of sp³-hybridized carbons (Fsp3) is 0.167. The second kappa shape index (κ2) is 8.78. The van der Waals surface area contributed by atoms with Crippen molar-refractivity contribution in [2.45, 2.75) is 18.9 Å². The minimum absolute atomic E-state index is 0.296. The van der Waals surface area contributed by atoms with Gasteiger partial charge in [-0.25, -0.2) is 18.6 Å². The molecule has 2 N–H and O–H groups in total. The molecule has 10 heteroatoms. The molecule has 2 aromatic heterocycles. The highest BCUT2D eigenvalue weighted by Crippen LogP contribution is 2.36. The number of rotatable bonds is 4. The molecule has 8 nitrogen and oxygen atoms in total. The van der Waals surface area contributed by atoms with Gasteiger partial charge in [-0.1, -0.05) is 0 Å². The van der Waals surface area contributed by atoms with Crippen molar-refractivity contribution >= 4 is 29.0 Å². The number of imidazole rings is 1. The van der Waals surface area contributed by atoms with Gasteiger partial charge in [0.1, 0.15) is 17.5 Å². The van der Waals surface area contributed by atoms with Crippen molar-refractivity contribution in [2.75, 3.05) is 22.1 Å². The summed E-state index contributed by atoms with van der Waals surface area (Å²) in [6.45, 7) is 0.635. The average Bonchev–Trinajstić information content (AvgIpc) is 3.48. The van der Waals surface area contributed by atoms with Crippen molar-refractivity contribution in [3.63, 3.8) is 0 Å². The zero-order valence-electron chi connectivity index (χ0n) is 17.9. The van der Waals surface area contributed by atoms with Crippen LogP contribution in [0.3, 0.4) is 0 Å². The predicted octanol–water partition coefficient (Wildman–Crippen LogP) is 4.86. The smallest absolute Gasteiger partial charge is 0.324 e. The van der Waals surface area contributed by atoms with E-state index in [0.29, 0.717) is 47.1 Å². The van der Waals surface area contributed by atoms with Crippen LogP contribution in [0, 0.1) is 23.0 Å². The lowest BCUT2D eigenvalue weighted by Crippen LogP contribution is -2.25. The van der Waals surface area contributed by atoms with Crippen LogP contribution in [0.25, 0.3) is 5.65 Å². The molecule has 2 amide bonds. The van der Waals surface area contributed by atoms with Gasteiger partial charge >= 0.3 is 6.03 Å². The lowest BCUT2D eigenvalue weighted by atomic mass is 10.0. The van der Waals surface area contributed by atoms with Crippen LogP contribution in [-0.2, 0) is 0 Å². The van der Waals surface area contributed by atoms with Gasteiger partial charge in [-0.15, -0.1) is 5.10 Å². The van der Waals surface area contributed by atoms with E-state index in [-0.39, 0.29) is 6.04 Å². The Morgan fingerprint density at radius 3 is 2.71 bits per heavy atom. The van der Waals surface area contributed by atoms with Crippen LogP contribution >= 0.6 is 0 Å². The molecule has 2 aromatic carbocycles. The summed E-state index contributed by atoms with van der Waals surface area (Å²) in [6, 6.07) is 14.6. The molecule has 1 fully saturated rings. The quantitative estimate of drug-likeness (QED) is 0.454. The van der Waals surface area contributed by atoms with Gasteiger partial charge in [0.15, 0.2) is 11.5 Å². The molecule has 0 bridgehead atoms. The van der Waals surface area contributed by atoms with Gasteiger partial charge in [-0.3, -0.25) is 5.32 Å². The van der Waals surface area contributed by atoms with Crippen molar-refractivity contribution in [3.8, 4) is 6.07 Å². The third kappa shape index (κ3) is 4.11. The first kappa shape index (κ1) is 21.3. The molecule has 170 valence electrons. The summed E-state index contributed by atoms with van der Waals surface area (Å²) in [5.41, 5.74) is 1.83. The van der Waals surface area contributed by atoms with Crippen molar-refractivity contribution in [2.24, 2.45) is 0 Å². The van der Waals surface area contributed by atoms with E-state index in [1.54, 1.807) is 36.4 Å². The Kier molecular flexibility index (Phi) is 5.51. The number of nitrogens with zero attached hydrogens (tertiary/aromatic N) is 5. The largest absolute Gasteiger partial charge is 0.348 e. The Morgan fingerprint density at radius 1 is 1.09 bits per heavy atom. The van der Waals surface area contributed by atoms with Gasteiger partial charge in [0.2, 0.25) is 0 Å². The van der Waals surface area contributed by atoms with E-state index in [1.807, 2.05) is 11.0 Å². The Morgan fingerprint density at radius 2 is 1.91 bits per heavy atom. The van der Waals surface area contributed by atoms with Gasteiger partial charge in [-0.05, 0) is 67.4 Å². The van der Waals surface area contributed by atoms with E-state index < -0.39 is 17.7 Å². The normalized spacial score (nSPS) is 15.3. The maximum Gasteiger partial charge on any atom is 0.324 e. The highest BCUT2D eigenvalue weighted by atomic mass is 19.1. The number of amides is 2. The lowest BCUT2D eigenvalue weighted by molar-refractivity contribution is 0.262. The second-order valence-corrected chi connectivity index (χ2v) is 7.89. The van der Waals surface area contributed by atoms with Gasteiger partial charge in [0.25, 0.3) is 0 Å². The SMILES string of the molecule is N#Cc1ccc(NC(=O)Nc2cnc3ccc(N4CCC[C@@H]4c4cc(F)ccc4F)nn23)cc1. The van der Waals surface area contributed by atoms with E-state index in [4.69, 9.17) is 5.26 Å². The molecule has 0 spiro atoms. The van der Waals surface area contributed by atoms with Crippen LogP contribution in [0.15, 0.2) is 60.8 Å². The maximum atomic E-state index is 14.4. The monoisotopic (exact) mass is 459 g/mol. The number of halogens is 2. The van der Waals surface area contributed by atoms with Crippen LogP contribution in [0.4, 0.5) is 30.9 Å². The number of anilines is 3. The van der Waals surface area contributed by atoms with Crippen LogP contribution in [0.1, 0.15) is 30.0 Å². The summed E-state index contributed by atoms with van der Waals surface area (Å²) in [5.74, 6) is -0.0345. The summed E-state index contributed by atoms with van der Waals surface area (Å²) in [4.78, 5) is 18.7. The number of nitriles is 1. The summed E-state index contributed by atoms with van der Waals surface area (Å²) in [5, 5.41) is 18.9. The number of urea groups is 1. The first-order valence-corrected chi connectivity index (χ1v) is 10.7. The molecular formula is C24H19F2N7O. The minimum Gasteiger partial charge on any atom is -0.348 e. The fourth-order valence-corrected chi connectivity index (χ4v) is 4.14. The number of hydrogen-bond donors (Lipinski definition) is 2. The van der Waals surface area contributed by atoms with E-state index in [9.17, 15) is 13.6 Å². The predicted molar refractivity (Wildman–Crippen MR) is 122 cm³/mol. The molecule has 34 heavy (non-hydrogen) atoms. The molecule has 1 aliphatic rings. The highest BCUT2D eigenvalue weighted by molar-refractivity contribution is 5.99. The van der Waals surface area contributed by atoms with Gasteiger partial charge < -0.3 is 10.2 Å². The number of aromatic nitrogens is 3. The number of hydrogen-bond acceptors (Lipinski definition) is 5. The summed E-state index contributed by atoms with van der Waals surface area (Å²) < 4.78 is 29.7. The molecule has 4 aromatic rings. The zero-order valence-corrected chi connectivity index (χ0v) is 17.9. The standard InChI is InChI=1S/C24H19F2N7O/c25-16-5-8-19(26)18(12-16)20-2-1-11-32(20)22-10-9-21-28-14-23(33(21)31-22)30-24(34)29-17-6-3-15(13-27)4-7-17/h3-10,12,14,20H,1-2,11H2,(H2,29,30,34)/t20-/m1/s1. The summed E-state index contributed by atoms with van der Waals surface area (Å²) >= 11 is 0. The second-order valence-electron chi connectivity index (χ2n) is 7.89. The minimum atomic E-state index is -0.500. The Bertz CT molecular complexity index is 1410. The Labute approximate surface area is 193 Å². The third-order valence-electron chi connectivity index (χ3n) is 5.73. The van der Waals surface area contributed by atoms with Crippen molar-refractivity contribution in [3.05, 3.63) is 83.6 Å². The molecule has 1 atom stereocenters. The van der Waals surface area contributed by atoms with Crippen LogP contribution in [-0.4, -0.2) is 27.2 Å². The van der Waals surface area contributed by atoms with Gasteiger partial charge in [0, 0.05) is 17.8 Å². The molecule has 0 aliphatic carbocycles. The molecule has 0 unspecified atom stereocenters. The van der Waals surface area contributed by atoms with Crippen molar-refractivity contribution in [1.82, 2.24) is 14.6 Å².